The fraction of sp³-hybridized carbons (Fsp3) is 0.192. The van der Waals surface area contributed by atoms with Gasteiger partial charge in [-0.1, -0.05) is 152 Å². The summed E-state index contributed by atoms with van der Waals surface area (Å²) in [5.74, 6) is 3.30. The minimum absolute atomic E-state index is 0.113. The molecule has 0 N–H and O–H groups in total. The summed E-state index contributed by atoms with van der Waals surface area (Å²) in [4.78, 5) is 0. The van der Waals surface area contributed by atoms with Crippen molar-refractivity contribution < 1.29 is 0 Å². The molecule has 5 aliphatic rings. The van der Waals surface area contributed by atoms with Crippen LogP contribution in [0.1, 0.15) is 43.2 Å². The molecule has 52 heavy (non-hydrogen) atoms. The second-order valence-electron chi connectivity index (χ2n) is 16.4. The van der Waals surface area contributed by atoms with Crippen molar-refractivity contribution in [1.82, 2.24) is 0 Å². The molecule has 5 aliphatic carbocycles. The molecule has 0 saturated heterocycles. The van der Waals surface area contributed by atoms with Crippen LogP contribution in [0.15, 0.2) is 158 Å². The maximum absolute atomic E-state index is 2.57. The van der Waals surface area contributed by atoms with Crippen LogP contribution < -0.4 is 0 Å². The highest BCUT2D eigenvalue weighted by Crippen LogP contribution is 2.71. The quantitative estimate of drug-likeness (QED) is 0.165. The molecule has 8 aromatic carbocycles. The van der Waals surface area contributed by atoms with Gasteiger partial charge in [0, 0.05) is 5.41 Å². The van der Waals surface area contributed by atoms with Gasteiger partial charge in [0.25, 0.3) is 0 Å². The van der Waals surface area contributed by atoms with E-state index in [4.69, 9.17) is 0 Å². The van der Waals surface area contributed by atoms with Crippen molar-refractivity contribution in [1.29, 1.82) is 0 Å². The Bertz CT molecular complexity index is 2660. The van der Waals surface area contributed by atoms with Gasteiger partial charge in [-0.2, -0.15) is 0 Å². The maximum Gasteiger partial charge on any atom is 0.0272 e. The zero-order chi connectivity index (χ0) is 34.0. The van der Waals surface area contributed by atoms with E-state index in [0.29, 0.717) is 0 Å². The van der Waals surface area contributed by atoms with Crippen molar-refractivity contribution in [2.24, 2.45) is 23.7 Å². The van der Waals surface area contributed by atoms with E-state index in [9.17, 15) is 0 Å². The zero-order valence-electron chi connectivity index (χ0n) is 29.4. The third kappa shape index (κ3) is 3.83. The lowest BCUT2D eigenvalue weighted by Gasteiger charge is -2.61. The highest BCUT2D eigenvalue weighted by atomic mass is 14.6. The highest BCUT2D eigenvalue weighted by molar-refractivity contribution is 6.23. The average molecular weight is 665 g/mol. The number of hydrogen-bond acceptors (Lipinski definition) is 0. The van der Waals surface area contributed by atoms with Gasteiger partial charge in [-0.15, -0.1) is 0 Å². The molecular formula is C52H40. The molecule has 4 fully saturated rings. The number of hydrogen-bond donors (Lipinski definition) is 0. The van der Waals surface area contributed by atoms with Gasteiger partial charge in [-0.25, -0.2) is 0 Å². The van der Waals surface area contributed by atoms with Gasteiger partial charge in [0.2, 0.25) is 0 Å². The first-order chi connectivity index (χ1) is 25.8. The Morgan fingerprint density at radius 3 is 1.58 bits per heavy atom. The summed E-state index contributed by atoms with van der Waals surface area (Å²) in [5, 5.41) is 8.08. The topological polar surface area (TPSA) is 0 Å². The van der Waals surface area contributed by atoms with Crippen LogP contribution in [0.25, 0.3) is 76.8 Å². The number of benzene rings is 8. The van der Waals surface area contributed by atoms with Crippen molar-refractivity contribution in [3.63, 3.8) is 0 Å². The monoisotopic (exact) mass is 664 g/mol. The van der Waals surface area contributed by atoms with Crippen LogP contribution in [0.4, 0.5) is 0 Å². The van der Waals surface area contributed by atoms with Gasteiger partial charge in [0.1, 0.15) is 0 Å². The first-order valence-corrected chi connectivity index (χ1v) is 19.5. The normalized spacial score (nSPS) is 23.8. The largest absolute Gasteiger partial charge is 0.0622 e. The lowest BCUT2D eigenvalue weighted by atomic mass is 9.43. The van der Waals surface area contributed by atoms with Crippen molar-refractivity contribution in [2.45, 2.75) is 37.5 Å². The van der Waals surface area contributed by atoms with Crippen molar-refractivity contribution in [3.05, 3.63) is 169 Å². The first-order valence-electron chi connectivity index (χ1n) is 19.5. The smallest absolute Gasteiger partial charge is 0.0272 e. The van der Waals surface area contributed by atoms with E-state index in [0.717, 1.165) is 23.7 Å². The average Bonchev–Trinajstić information content (AvgIpc) is 3.50. The summed E-state index contributed by atoms with van der Waals surface area (Å²) >= 11 is 0. The molecule has 0 heterocycles. The SMILES string of the molecule is c1ccc(-c2cccc(-c3c4ccccc4c(-c4cccc5c4-c4c(ccc6ccccc46)C54C5CC6CC(C5)CC4C6)c4ccccc34)c2)cc1. The Balaban J connectivity index is 1.18. The van der Waals surface area contributed by atoms with Crippen LogP contribution in [-0.2, 0) is 5.41 Å². The molecule has 8 aromatic rings. The van der Waals surface area contributed by atoms with Gasteiger partial charge in [-0.3, -0.25) is 0 Å². The van der Waals surface area contributed by atoms with E-state index in [1.54, 1.807) is 11.1 Å². The Kier molecular flexibility index (Phi) is 6.04. The van der Waals surface area contributed by atoms with Gasteiger partial charge in [0.15, 0.2) is 0 Å². The molecule has 248 valence electrons. The fourth-order valence-electron chi connectivity index (χ4n) is 12.4. The molecule has 0 atom stereocenters. The second kappa shape index (κ2) is 10.8. The predicted molar refractivity (Wildman–Crippen MR) is 219 cm³/mol. The van der Waals surface area contributed by atoms with Crippen LogP contribution in [0.3, 0.4) is 0 Å². The summed E-state index contributed by atoms with van der Waals surface area (Å²) in [6.45, 7) is 0. The Morgan fingerprint density at radius 1 is 0.346 bits per heavy atom. The van der Waals surface area contributed by atoms with Crippen LogP contribution in [0.2, 0.25) is 0 Å². The minimum atomic E-state index is 0.113. The van der Waals surface area contributed by atoms with Crippen molar-refractivity contribution >= 4 is 32.3 Å². The molecule has 4 saturated carbocycles. The van der Waals surface area contributed by atoms with E-state index >= 15 is 0 Å². The molecule has 0 aliphatic heterocycles. The second-order valence-corrected chi connectivity index (χ2v) is 16.4. The molecule has 0 unspecified atom stereocenters. The van der Waals surface area contributed by atoms with Crippen LogP contribution >= 0.6 is 0 Å². The Hall–Kier alpha value is -5.46. The third-order valence-corrected chi connectivity index (χ3v) is 14.0. The van der Waals surface area contributed by atoms with Gasteiger partial charge in [-0.05, 0) is 150 Å². The summed E-state index contributed by atoms with van der Waals surface area (Å²) in [6.07, 6.45) is 7.05. The fourth-order valence-corrected chi connectivity index (χ4v) is 12.4. The molecule has 0 amide bonds. The van der Waals surface area contributed by atoms with E-state index in [2.05, 4.69) is 158 Å². The highest BCUT2D eigenvalue weighted by Gasteiger charge is 2.62. The summed E-state index contributed by atoms with van der Waals surface area (Å²) in [6, 6.07) is 60.1. The molecule has 4 bridgehead atoms. The lowest BCUT2D eigenvalue weighted by Crippen LogP contribution is -2.55. The van der Waals surface area contributed by atoms with Gasteiger partial charge < -0.3 is 0 Å². The number of fused-ring (bicyclic) bond motifs is 7. The van der Waals surface area contributed by atoms with E-state index < -0.39 is 0 Å². The van der Waals surface area contributed by atoms with Crippen molar-refractivity contribution in [3.8, 4) is 44.5 Å². The van der Waals surface area contributed by atoms with Gasteiger partial charge >= 0.3 is 0 Å². The molecular weight excluding hydrogens is 625 g/mol. The van der Waals surface area contributed by atoms with E-state index in [-0.39, 0.29) is 5.41 Å². The molecule has 0 aromatic heterocycles. The summed E-state index contributed by atoms with van der Waals surface area (Å²) in [7, 11) is 0. The van der Waals surface area contributed by atoms with Crippen LogP contribution in [0, 0.1) is 23.7 Å². The van der Waals surface area contributed by atoms with Gasteiger partial charge in [0.05, 0.1) is 0 Å². The summed E-state index contributed by atoms with van der Waals surface area (Å²) in [5.41, 5.74) is 14.3. The summed E-state index contributed by atoms with van der Waals surface area (Å²) < 4.78 is 0. The van der Waals surface area contributed by atoms with E-state index in [1.165, 1.54) is 109 Å². The van der Waals surface area contributed by atoms with Crippen LogP contribution in [-0.4, -0.2) is 0 Å². The van der Waals surface area contributed by atoms with E-state index in [1.807, 2.05) is 0 Å². The third-order valence-electron chi connectivity index (χ3n) is 14.0. The molecule has 0 nitrogen and oxygen atoms in total. The Labute approximate surface area is 305 Å². The maximum atomic E-state index is 2.57. The predicted octanol–water partition coefficient (Wildman–Crippen LogP) is 13.9. The number of rotatable bonds is 3. The first kappa shape index (κ1) is 29.2. The molecule has 13 rings (SSSR count). The molecule has 0 heteroatoms. The standard InChI is InChI=1S/C52H40/c1-2-12-34(13-3-1)36-15-10-16-37(31-36)48-41-18-6-8-20-43(41)49(44-21-9-7-19-42(44)48)45-22-11-23-46-51(45)50-40-17-5-4-14-35(40)24-25-47(50)52(46)38-27-32-26-33(29-38)30-39(52)28-32/h1-25,31-33,38-39H,26-30H2. The minimum Gasteiger partial charge on any atom is -0.0622 e. The van der Waals surface area contributed by atoms with Crippen LogP contribution in [0.5, 0.6) is 0 Å². The Morgan fingerprint density at radius 2 is 0.885 bits per heavy atom. The van der Waals surface area contributed by atoms with Crippen molar-refractivity contribution in [2.75, 3.05) is 0 Å². The molecule has 0 radical (unpaired) electrons. The lowest BCUT2D eigenvalue weighted by molar-refractivity contribution is -0.0399. The zero-order valence-corrected chi connectivity index (χ0v) is 29.4. The molecule has 1 spiro atoms.